The molecule has 0 radical (unpaired) electrons. The van der Waals surface area contributed by atoms with Crippen LogP contribution in [0.1, 0.15) is 22.6 Å². The second kappa shape index (κ2) is 5.26. The zero-order valence-corrected chi connectivity index (χ0v) is 11.4. The van der Waals surface area contributed by atoms with Crippen molar-refractivity contribution >= 4 is 5.69 Å². The first-order valence-corrected chi connectivity index (χ1v) is 6.71. The van der Waals surface area contributed by atoms with Gasteiger partial charge in [0, 0.05) is 18.5 Å². The van der Waals surface area contributed by atoms with Gasteiger partial charge in [0.05, 0.1) is 18.4 Å². The molecule has 1 N–H and O–H groups in total. The van der Waals surface area contributed by atoms with Gasteiger partial charge in [0.15, 0.2) is 0 Å². The topological polar surface area (TPSA) is 45.0 Å². The number of benzene rings is 2. The van der Waals surface area contributed by atoms with Crippen LogP contribution in [0.5, 0.6) is 5.75 Å². The van der Waals surface area contributed by atoms with Gasteiger partial charge in [-0.05, 0) is 29.7 Å². The van der Waals surface area contributed by atoms with E-state index in [1.54, 1.807) is 13.2 Å². The molecule has 1 aliphatic rings. The van der Waals surface area contributed by atoms with E-state index >= 15 is 0 Å². The first-order valence-electron chi connectivity index (χ1n) is 6.71. The monoisotopic (exact) mass is 264 g/mol. The van der Waals surface area contributed by atoms with Crippen molar-refractivity contribution in [2.24, 2.45) is 0 Å². The van der Waals surface area contributed by atoms with Crippen LogP contribution in [0.3, 0.4) is 0 Å². The highest BCUT2D eigenvalue weighted by Crippen LogP contribution is 2.35. The van der Waals surface area contributed by atoms with Crippen molar-refractivity contribution in [2.45, 2.75) is 12.3 Å². The summed E-state index contributed by atoms with van der Waals surface area (Å²) in [7, 11) is 1.63. The summed E-state index contributed by atoms with van der Waals surface area (Å²) in [5.41, 5.74) is 4.35. The van der Waals surface area contributed by atoms with E-state index in [2.05, 4.69) is 35.7 Å². The molecule has 0 saturated heterocycles. The summed E-state index contributed by atoms with van der Waals surface area (Å²) in [5, 5.41) is 12.5. The molecule has 3 nitrogen and oxygen atoms in total. The van der Waals surface area contributed by atoms with Gasteiger partial charge in [0.1, 0.15) is 11.8 Å². The van der Waals surface area contributed by atoms with Crippen molar-refractivity contribution in [2.75, 3.05) is 19.0 Å². The molecule has 0 amide bonds. The van der Waals surface area contributed by atoms with E-state index in [4.69, 9.17) is 10.00 Å². The lowest BCUT2D eigenvalue weighted by atomic mass is 9.77. The molecule has 20 heavy (non-hydrogen) atoms. The molecule has 2 aromatic rings. The summed E-state index contributed by atoms with van der Waals surface area (Å²) in [5.74, 6) is 1.30. The third-order valence-electron chi connectivity index (χ3n) is 3.85. The van der Waals surface area contributed by atoms with E-state index in [9.17, 15) is 0 Å². The van der Waals surface area contributed by atoms with E-state index in [0.29, 0.717) is 11.5 Å². The lowest BCUT2D eigenvalue weighted by molar-refractivity contribution is 0.415. The maximum atomic E-state index is 9.15. The largest absolute Gasteiger partial charge is 0.497 e. The minimum atomic E-state index is 0.531. The first kappa shape index (κ1) is 12.6. The smallest absolute Gasteiger partial charge is 0.121 e. The summed E-state index contributed by atoms with van der Waals surface area (Å²) in [6.07, 6.45) is 1.11. The molecule has 0 aliphatic heterocycles. The van der Waals surface area contributed by atoms with Crippen LogP contribution in [0.4, 0.5) is 5.69 Å². The SMILES string of the molecule is COc1ccc(C#N)c(NCC2Cc3ccccc32)c1. The van der Waals surface area contributed by atoms with Crippen LogP contribution < -0.4 is 10.1 Å². The zero-order valence-electron chi connectivity index (χ0n) is 11.4. The van der Waals surface area contributed by atoms with E-state index in [0.717, 1.165) is 24.4 Å². The van der Waals surface area contributed by atoms with E-state index in [-0.39, 0.29) is 0 Å². The second-order valence-corrected chi connectivity index (χ2v) is 5.00. The third kappa shape index (κ3) is 2.21. The Balaban J connectivity index is 1.72. The average Bonchev–Trinajstić information content (AvgIpc) is 2.48. The van der Waals surface area contributed by atoms with Crippen molar-refractivity contribution in [1.82, 2.24) is 0 Å². The number of fused-ring (bicyclic) bond motifs is 1. The Morgan fingerprint density at radius 3 is 2.90 bits per heavy atom. The maximum absolute atomic E-state index is 9.15. The summed E-state index contributed by atoms with van der Waals surface area (Å²) in [4.78, 5) is 0. The fourth-order valence-electron chi connectivity index (χ4n) is 2.67. The Morgan fingerprint density at radius 1 is 1.30 bits per heavy atom. The van der Waals surface area contributed by atoms with Gasteiger partial charge in [0.25, 0.3) is 0 Å². The third-order valence-corrected chi connectivity index (χ3v) is 3.85. The van der Waals surface area contributed by atoms with E-state index in [1.165, 1.54) is 11.1 Å². The van der Waals surface area contributed by atoms with Crippen LogP contribution in [0.15, 0.2) is 42.5 Å². The minimum Gasteiger partial charge on any atom is -0.497 e. The van der Waals surface area contributed by atoms with Gasteiger partial charge in [-0.1, -0.05) is 24.3 Å². The van der Waals surface area contributed by atoms with Gasteiger partial charge >= 0.3 is 0 Å². The van der Waals surface area contributed by atoms with Crippen LogP contribution >= 0.6 is 0 Å². The number of nitriles is 1. The highest BCUT2D eigenvalue weighted by atomic mass is 16.5. The van der Waals surface area contributed by atoms with Crippen LogP contribution in [0, 0.1) is 11.3 Å². The molecule has 2 aromatic carbocycles. The van der Waals surface area contributed by atoms with Gasteiger partial charge in [-0.3, -0.25) is 0 Å². The highest BCUT2D eigenvalue weighted by molar-refractivity contribution is 5.60. The van der Waals surface area contributed by atoms with E-state index < -0.39 is 0 Å². The number of hydrogen-bond acceptors (Lipinski definition) is 3. The molecular weight excluding hydrogens is 248 g/mol. The second-order valence-electron chi connectivity index (χ2n) is 5.00. The number of nitrogens with zero attached hydrogens (tertiary/aromatic N) is 1. The number of rotatable bonds is 4. The first-order chi connectivity index (χ1) is 9.81. The molecule has 1 atom stereocenters. The van der Waals surface area contributed by atoms with Crippen molar-refractivity contribution in [3.63, 3.8) is 0 Å². The Bertz CT molecular complexity index is 673. The fraction of sp³-hybridized carbons (Fsp3) is 0.235. The van der Waals surface area contributed by atoms with Crippen LogP contribution in [-0.2, 0) is 6.42 Å². The molecule has 100 valence electrons. The van der Waals surface area contributed by atoms with Crippen molar-refractivity contribution < 1.29 is 4.74 Å². The summed E-state index contributed by atoms with van der Waals surface area (Å²) in [6, 6.07) is 16.2. The lowest BCUT2D eigenvalue weighted by Crippen LogP contribution is -2.24. The predicted molar refractivity (Wildman–Crippen MR) is 79.1 cm³/mol. The molecule has 0 heterocycles. The molecule has 0 bridgehead atoms. The molecule has 0 fully saturated rings. The minimum absolute atomic E-state index is 0.531. The maximum Gasteiger partial charge on any atom is 0.121 e. The number of ether oxygens (including phenoxy) is 1. The van der Waals surface area contributed by atoms with Crippen LogP contribution in [0.2, 0.25) is 0 Å². The van der Waals surface area contributed by atoms with Crippen molar-refractivity contribution in [1.29, 1.82) is 5.26 Å². The number of nitrogens with one attached hydrogen (secondary N) is 1. The summed E-state index contributed by atoms with van der Waals surface area (Å²) < 4.78 is 5.21. The Kier molecular flexibility index (Phi) is 3.30. The molecule has 0 aromatic heterocycles. The Morgan fingerprint density at radius 2 is 2.15 bits per heavy atom. The standard InChI is InChI=1S/C17H16N2O/c1-20-15-7-6-13(10-18)17(9-15)19-11-14-8-12-4-2-3-5-16(12)14/h2-7,9,14,19H,8,11H2,1H3. The number of methoxy groups -OCH3 is 1. The van der Waals surface area contributed by atoms with Gasteiger partial charge in [-0.25, -0.2) is 0 Å². The predicted octanol–water partition coefficient (Wildman–Crippen LogP) is 3.32. The van der Waals surface area contributed by atoms with Gasteiger partial charge in [-0.15, -0.1) is 0 Å². The summed E-state index contributed by atoms with van der Waals surface area (Å²) in [6.45, 7) is 0.846. The molecule has 0 saturated carbocycles. The molecular formula is C17H16N2O. The van der Waals surface area contributed by atoms with Crippen LogP contribution in [-0.4, -0.2) is 13.7 Å². The molecule has 0 spiro atoms. The lowest BCUT2D eigenvalue weighted by Gasteiger charge is -2.30. The Hall–Kier alpha value is -2.47. The highest BCUT2D eigenvalue weighted by Gasteiger charge is 2.25. The molecule has 1 unspecified atom stereocenters. The van der Waals surface area contributed by atoms with Crippen molar-refractivity contribution in [3.8, 4) is 11.8 Å². The normalized spacial score (nSPS) is 15.7. The molecule has 3 rings (SSSR count). The van der Waals surface area contributed by atoms with Crippen molar-refractivity contribution in [3.05, 3.63) is 59.2 Å². The van der Waals surface area contributed by atoms with Crippen LogP contribution in [0.25, 0.3) is 0 Å². The van der Waals surface area contributed by atoms with Gasteiger partial charge in [-0.2, -0.15) is 5.26 Å². The van der Waals surface area contributed by atoms with E-state index in [1.807, 2.05) is 12.1 Å². The fourth-order valence-corrected chi connectivity index (χ4v) is 2.67. The average molecular weight is 264 g/mol. The molecule has 3 heteroatoms. The van der Waals surface area contributed by atoms with Gasteiger partial charge in [0.2, 0.25) is 0 Å². The number of anilines is 1. The zero-order chi connectivity index (χ0) is 13.9. The number of hydrogen-bond donors (Lipinski definition) is 1. The summed E-state index contributed by atoms with van der Waals surface area (Å²) >= 11 is 0. The Labute approximate surface area is 118 Å². The quantitative estimate of drug-likeness (QED) is 0.921. The van der Waals surface area contributed by atoms with Gasteiger partial charge < -0.3 is 10.1 Å². The molecule has 1 aliphatic carbocycles.